The van der Waals surface area contributed by atoms with Gasteiger partial charge in [0.05, 0.1) is 17.5 Å². The topological polar surface area (TPSA) is 26.3 Å². The molecule has 0 amide bonds. The van der Waals surface area contributed by atoms with Crippen molar-refractivity contribution in [3.05, 3.63) is 27.8 Å². The fourth-order valence-electron chi connectivity index (χ4n) is 1.74. The Morgan fingerprint density at radius 2 is 2.06 bits per heavy atom. The number of ketones is 1. The number of carbonyl (C=O) groups excluding carboxylic acids is 1. The minimum Gasteiger partial charge on any atom is -0.493 e. The highest BCUT2D eigenvalue weighted by molar-refractivity contribution is 6.35. The number of benzene rings is 1. The molecule has 2 nitrogen and oxygen atoms in total. The fraction of sp³-hybridized carbons (Fsp3) is 0.500. The van der Waals surface area contributed by atoms with E-state index in [1.807, 2.05) is 26.8 Å². The van der Waals surface area contributed by atoms with E-state index in [4.69, 9.17) is 27.9 Å². The summed E-state index contributed by atoms with van der Waals surface area (Å²) >= 11 is 12.0. The molecule has 0 fully saturated rings. The van der Waals surface area contributed by atoms with E-state index in [9.17, 15) is 4.79 Å². The fourth-order valence-corrected chi connectivity index (χ4v) is 2.10. The number of aryl methyl sites for hydroxylation is 1. The maximum absolute atomic E-state index is 12.2. The van der Waals surface area contributed by atoms with Crippen LogP contribution < -0.4 is 4.74 Å². The largest absolute Gasteiger partial charge is 0.493 e. The maximum atomic E-state index is 12.2. The molecule has 0 aliphatic rings. The quantitative estimate of drug-likeness (QED) is 0.587. The van der Waals surface area contributed by atoms with E-state index in [0.29, 0.717) is 22.9 Å². The van der Waals surface area contributed by atoms with Crippen molar-refractivity contribution in [2.24, 2.45) is 0 Å². The molecule has 0 heterocycles. The van der Waals surface area contributed by atoms with Crippen LogP contribution in [-0.2, 0) is 0 Å². The normalized spacial score (nSPS) is 12.3. The first-order valence-corrected chi connectivity index (χ1v) is 6.82. The zero-order chi connectivity index (χ0) is 13.9. The third-order valence-electron chi connectivity index (χ3n) is 2.72. The summed E-state index contributed by atoms with van der Waals surface area (Å²) in [6.07, 6.45) is 0.880. The molecule has 0 saturated heterocycles. The van der Waals surface area contributed by atoms with E-state index in [-0.39, 0.29) is 5.78 Å². The van der Waals surface area contributed by atoms with Crippen molar-refractivity contribution >= 4 is 29.0 Å². The SMILES string of the molecule is CCCOc1c(C)cc(Cl)c(C)c1C(=O)C(C)Cl. The molecule has 0 saturated carbocycles. The minimum absolute atomic E-state index is 0.147. The predicted molar refractivity (Wildman–Crippen MR) is 76.4 cm³/mol. The monoisotopic (exact) mass is 288 g/mol. The standard InChI is InChI=1S/C14H18Cl2O2/c1-5-6-18-14-8(2)7-11(16)9(3)12(14)13(17)10(4)15/h7,10H,5-6H2,1-4H3. The van der Waals surface area contributed by atoms with Crippen molar-refractivity contribution in [2.75, 3.05) is 6.61 Å². The third-order valence-corrected chi connectivity index (χ3v) is 3.31. The molecular formula is C14H18Cl2O2. The second-order valence-corrected chi connectivity index (χ2v) is 5.39. The lowest BCUT2D eigenvalue weighted by Crippen LogP contribution is -2.15. The Morgan fingerprint density at radius 3 is 2.56 bits per heavy atom. The second kappa shape index (κ2) is 6.44. The van der Waals surface area contributed by atoms with E-state index >= 15 is 0 Å². The summed E-state index contributed by atoms with van der Waals surface area (Å²) in [7, 11) is 0. The summed E-state index contributed by atoms with van der Waals surface area (Å²) in [5, 5.41) is -0.0254. The molecule has 18 heavy (non-hydrogen) atoms. The number of carbonyl (C=O) groups is 1. The molecule has 100 valence electrons. The molecule has 1 unspecified atom stereocenters. The van der Waals surface area contributed by atoms with Crippen LogP contribution in [0.3, 0.4) is 0 Å². The molecule has 4 heteroatoms. The van der Waals surface area contributed by atoms with Gasteiger partial charge in [-0.15, -0.1) is 11.6 Å². The molecule has 0 N–H and O–H groups in total. The van der Waals surface area contributed by atoms with Gasteiger partial charge in [-0.1, -0.05) is 18.5 Å². The second-order valence-electron chi connectivity index (χ2n) is 4.33. The highest BCUT2D eigenvalue weighted by atomic mass is 35.5. The van der Waals surface area contributed by atoms with Crippen LogP contribution in [0.2, 0.25) is 5.02 Å². The van der Waals surface area contributed by atoms with Gasteiger partial charge in [0.15, 0.2) is 5.78 Å². The van der Waals surface area contributed by atoms with Crippen molar-refractivity contribution in [3.8, 4) is 5.75 Å². The summed E-state index contributed by atoms with van der Waals surface area (Å²) in [6, 6.07) is 1.82. The van der Waals surface area contributed by atoms with Crippen LogP contribution in [0.15, 0.2) is 6.07 Å². The molecule has 0 radical (unpaired) electrons. The van der Waals surface area contributed by atoms with E-state index in [1.165, 1.54) is 0 Å². The first-order valence-electron chi connectivity index (χ1n) is 6.00. The summed E-state index contributed by atoms with van der Waals surface area (Å²) in [5.41, 5.74) is 2.10. The average molecular weight is 289 g/mol. The summed E-state index contributed by atoms with van der Waals surface area (Å²) in [6.45, 7) is 7.94. The first kappa shape index (κ1) is 15.3. The van der Waals surface area contributed by atoms with Crippen molar-refractivity contribution in [2.45, 2.75) is 39.5 Å². The summed E-state index contributed by atoms with van der Waals surface area (Å²) in [4.78, 5) is 12.2. The van der Waals surface area contributed by atoms with Gasteiger partial charge in [-0.2, -0.15) is 0 Å². The average Bonchev–Trinajstić information content (AvgIpc) is 2.31. The van der Waals surface area contributed by atoms with Gasteiger partial charge in [-0.05, 0) is 44.4 Å². The van der Waals surface area contributed by atoms with Crippen LogP contribution >= 0.6 is 23.2 Å². The van der Waals surface area contributed by atoms with Gasteiger partial charge in [0.1, 0.15) is 5.75 Å². The Hall–Kier alpha value is -0.730. The van der Waals surface area contributed by atoms with E-state index in [1.54, 1.807) is 6.92 Å². The summed E-state index contributed by atoms with van der Waals surface area (Å²) in [5.74, 6) is 0.460. The number of rotatable bonds is 5. The van der Waals surface area contributed by atoms with Crippen LogP contribution in [0.4, 0.5) is 0 Å². The zero-order valence-electron chi connectivity index (χ0n) is 11.1. The van der Waals surface area contributed by atoms with Gasteiger partial charge in [0.25, 0.3) is 0 Å². The lowest BCUT2D eigenvalue weighted by Gasteiger charge is -2.17. The molecule has 0 spiro atoms. The van der Waals surface area contributed by atoms with Crippen LogP contribution in [0.5, 0.6) is 5.75 Å². The lowest BCUT2D eigenvalue weighted by molar-refractivity contribution is 0.0987. The lowest BCUT2D eigenvalue weighted by atomic mass is 9.98. The first-order chi connectivity index (χ1) is 8.40. The molecule has 0 aliphatic heterocycles. The Balaban J connectivity index is 3.38. The number of halogens is 2. The van der Waals surface area contributed by atoms with Crippen LogP contribution in [0, 0.1) is 13.8 Å². The Morgan fingerprint density at radius 1 is 1.44 bits per heavy atom. The molecule has 1 atom stereocenters. The van der Waals surface area contributed by atoms with Crippen LogP contribution in [-0.4, -0.2) is 17.8 Å². The zero-order valence-corrected chi connectivity index (χ0v) is 12.7. The number of hydrogen-bond acceptors (Lipinski definition) is 2. The molecule has 1 aromatic carbocycles. The van der Waals surface area contributed by atoms with Gasteiger partial charge in [-0.3, -0.25) is 4.79 Å². The maximum Gasteiger partial charge on any atom is 0.184 e. The molecule has 0 aliphatic carbocycles. The number of ether oxygens (including phenoxy) is 1. The van der Waals surface area contributed by atoms with Crippen LogP contribution in [0.1, 0.15) is 41.8 Å². The van der Waals surface area contributed by atoms with Crippen molar-refractivity contribution in [1.29, 1.82) is 0 Å². The smallest absolute Gasteiger partial charge is 0.184 e. The van der Waals surface area contributed by atoms with E-state index in [0.717, 1.165) is 17.5 Å². The van der Waals surface area contributed by atoms with Gasteiger partial charge < -0.3 is 4.74 Å². The number of alkyl halides is 1. The van der Waals surface area contributed by atoms with Crippen molar-refractivity contribution < 1.29 is 9.53 Å². The Labute approximate surface area is 118 Å². The highest BCUT2D eigenvalue weighted by Crippen LogP contribution is 2.33. The van der Waals surface area contributed by atoms with Gasteiger partial charge in [0, 0.05) is 5.02 Å². The predicted octanol–water partition coefficient (Wildman–Crippen LogP) is 4.56. The van der Waals surface area contributed by atoms with Gasteiger partial charge in [-0.25, -0.2) is 0 Å². The van der Waals surface area contributed by atoms with Crippen molar-refractivity contribution in [1.82, 2.24) is 0 Å². The Bertz CT molecular complexity index is 454. The Kier molecular flexibility index (Phi) is 5.48. The molecule has 0 aromatic heterocycles. The van der Waals surface area contributed by atoms with Crippen molar-refractivity contribution in [3.63, 3.8) is 0 Å². The molecular weight excluding hydrogens is 271 g/mol. The highest BCUT2D eigenvalue weighted by Gasteiger charge is 2.23. The van der Waals surface area contributed by atoms with Gasteiger partial charge >= 0.3 is 0 Å². The van der Waals surface area contributed by atoms with Gasteiger partial charge in [0.2, 0.25) is 0 Å². The molecule has 1 rings (SSSR count). The van der Waals surface area contributed by atoms with E-state index in [2.05, 4.69) is 0 Å². The molecule has 0 bridgehead atoms. The number of Topliss-reactive ketones (excluding diaryl/α,β-unsaturated/α-hetero) is 1. The summed E-state index contributed by atoms with van der Waals surface area (Å²) < 4.78 is 5.69. The minimum atomic E-state index is -0.592. The third kappa shape index (κ3) is 3.18. The molecule has 1 aromatic rings. The number of hydrogen-bond donors (Lipinski definition) is 0. The van der Waals surface area contributed by atoms with E-state index < -0.39 is 5.38 Å². The van der Waals surface area contributed by atoms with Crippen LogP contribution in [0.25, 0.3) is 0 Å².